The predicted octanol–water partition coefficient (Wildman–Crippen LogP) is 2.32. The monoisotopic (exact) mass is 317 g/mol. The second kappa shape index (κ2) is 7.00. The Kier molecular flexibility index (Phi) is 5.05. The molecule has 0 fully saturated rings. The zero-order valence-corrected chi connectivity index (χ0v) is 13.0. The third-order valence-electron chi connectivity index (χ3n) is 3.57. The van der Waals surface area contributed by atoms with Crippen molar-refractivity contribution in [1.82, 2.24) is 5.32 Å². The number of phenols is 2. The Morgan fingerprint density at radius 2 is 1.87 bits per heavy atom. The SMILES string of the molecule is CC[C@@H](C)NC(=O)COC(=O)c1cc(O)c2ccccc2c1O. The summed E-state index contributed by atoms with van der Waals surface area (Å²) in [5, 5.41) is 23.6. The smallest absolute Gasteiger partial charge is 0.342 e. The van der Waals surface area contributed by atoms with Gasteiger partial charge in [0.2, 0.25) is 0 Å². The summed E-state index contributed by atoms with van der Waals surface area (Å²) in [5.41, 5.74) is -0.183. The minimum absolute atomic E-state index is 0.0145. The molecular formula is C17H19NO5. The summed E-state index contributed by atoms with van der Waals surface area (Å²) in [6.07, 6.45) is 0.763. The summed E-state index contributed by atoms with van der Waals surface area (Å²) in [7, 11) is 0. The number of aromatic hydroxyl groups is 2. The van der Waals surface area contributed by atoms with Crippen molar-refractivity contribution in [3.8, 4) is 11.5 Å². The second-order valence-electron chi connectivity index (χ2n) is 5.29. The molecule has 0 bridgehead atoms. The molecule has 2 rings (SSSR count). The van der Waals surface area contributed by atoms with Crippen molar-refractivity contribution in [2.45, 2.75) is 26.3 Å². The number of ether oxygens (including phenoxy) is 1. The van der Waals surface area contributed by atoms with Gasteiger partial charge in [0.05, 0.1) is 0 Å². The molecule has 0 saturated carbocycles. The summed E-state index contributed by atoms with van der Waals surface area (Å²) in [6, 6.07) is 7.71. The lowest BCUT2D eigenvalue weighted by molar-refractivity contribution is -0.124. The zero-order valence-electron chi connectivity index (χ0n) is 13.0. The van der Waals surface area contributed by atoms with Crippen LogP contribution in [0.15, 0.2) is 30.3 Å². The van der Waals surface area contributed by atoms with Crippen molar-refractivity contribution in [3.63, 3.8) is 0 Å². The van der Waals surface area contributed by atoms with Crippen LogP contribution in [0.3, 0.4) is 0 Å². The number of rotatable bonds is 5. The van der Waals surface area contributed by atoms with E-state index in [1.807, 2.05) is 13.8 Å². The van der Waals surface area contributed by atoms with Gasteiger partial charge in [0.1, 0.15) is 17.1 Å². The summed E-state index contributed by atoms with van der Waals surface area (Å²) >= 11 is 0. The van der Waals surface area contributed by atoms with Gasteiger partial charge in [-0.05, 0) is 19.4 Å². The van der Waals surface area contributed by atoms with Crippen molar-refractivity contribution in [3.05, 3.63) is 35.9 Å². The summed E-state index contributed by atoms with van der Waals surface area (Å²) < 4.78 is 4.90. The Balaban J connectivity index is 2.15. The van der Waals surface area contributed by atoms with Gasteiger partial charge in [0, 0.05) is 16.8 Å². The maximum atomic E-state index is 12.0. The Hall–Kier alpha value is -2.76. The lowest BCUT2D eigenvalue weighted by Crippen LogP contribution is -2.35. The zero-order chi connectivity index (χ0) is 17.0. The average molecular weight is 317 g/mol. The van der Waals surface area contributed by atoms with Crippen LogP contribution in [0.2, 0.25) is 0 Å². The number of hydrogen-bond acceptors (Lipinski definition) is 5. The van der Waals surface area contributed by atoms with Crippen LogP contribution < -0.4 is 5.32 Å². The molecule has 0 radical (unpaired) electrons. The Morgan fingerprint density at radius 3 is 2.52 bits per heavy atom. The lowest BCUT2D eigenvalue weighted by atomic mass is 10.0. The topological polar surface area (TPSA) is 95.9 Å². The average Bonchev–Trinajstić information content (AvgIpc) is 2.55. The first kappa shape index (κ1) is 16.6. The van der Waals surface area contributed by atoms with E-state index >= 15 is 0 Å². The number of carbonyl (C=O) groups excluding carboxylic acids is 2. The minimum Gasteiger partial charge on any atom is -0.507 e. The van der Waals surface area contributed by atoms with Crippen LogP contribution in [0.4, 0.5) is 0 Å². The van der Waals surface area contributed by atoms with Crippen LogP contribution in [-0.4, -0.2) is 34.7 Å². The largest absolute Gasteiger partial charge is 0.507 e. The quantitative estimate of drug-likeness (QED) is 0.581. The highest BCUT2D eigenvalue weighted by atomic mass is 16.5. The van der Waals surface area contributed by atoms with E-state index in [-0.39, 0.29) is 23.1 Å². The Bertz CT molecular complexity index is 741. The molecule has 3 N–H and O–H groups in total. The molecule has 0 spiro atoms. The van der Waals surface area contributed by atoms with Gasteiger partial charge in [-0.2, -0.15) is 0 Å². The van der Waals surface area contributed by atoms with E-state index in [4.69, 9.17) is 4.74 Å². The molecule has 0 heterocycles. The van der Waals surface area contributed by atoms with Crippen LogP contribution in [0.25, 0.3) is 10.8 Å². The summed E-state index contributed by atoms with van der Waals surface area (Å²) in [5.74, 6) is -1.72. The highest BCUT2D eigenvalue weighted by Gasteiger charge is 2.19. The van der Waals surface area contributed by atoms with Crippen LogP contribution >= 0.6 is 0 Å². The van der Waals surface area contributed by atoms with E-state index in [9.17, 15) is 19.8 Å². The molecular weight excluding hydrogens is 298 g/mol. The molecule has 6 nitrogen and oxygen atoms in total. The normalized spacial score (nSPS) is 11.9. The van der Waals surface area contributed by atoms with E-state index in [0.717, 1.165) is 12.5 Å². The standard InChI is InChI=1S/C17H19NO5/c1-3-10(2)18-15(20)9-23-17(22)13-8-14(19)11-6-4-5-7-12(11)16(13)21/h4-8,10,19,21H,3,9H2,1-2H3,(H,18,20)/t10-/m1/s1. The van der Waals surface area contributed by atoms with Crippen molar-refractivity contribution >= 4 is 22.6 Å². The van der Waals surface area contributed by atoms with Gasteiger partial charge in [-0.25, -0.2) is 4.79 Å². The van der Waals surface area contributed by atoms with Gasteiger partial charge in [-0.3, -0.25) is 4.79 Å². The molecule has 1 amide bonds. The van der Waals surface area contributed by atoms with Crippen LogP contribution in [-0.2, 0) is 9.53 Å². The maximum absolute atomic E-state index is 12.0. The van der Waals surface area contributed by atoms with Crippen molar-refractivity contribution in [2.75, 3.05) is 6.61 Å². The minimum atomic E-state index is -0.872. The van der Waals surface area contributed by atoms with Gasteiger partial charge >= 0.3 is 5.97 Å². The highest BCUT2D eigenvalue weighted by molar-refractivity contribution is 6.04. The molecule has 0 aliphatic heterocycles. The van der Waals surface area contributed by atoms with Crippen molar-refractivity contribution < 1.29 is 24.5 Å². The molecule has 23 heavy (non-hydrogen) atoms. The fraction of sp³-hybridized carbons (Fsp3) is 0.294. The predicted molar refractivity (Wildman–Crippen MR) is 85.5 cm³/mol. The van der Waals surface area contributed by atoms with Crippen LogP contribution in [0.5, 0.6) is 11.5 Å². The molecule has 2 aromatic rings. The van der Waals surface area contributed by atoms with E-state index in [1.54, 1.807) is 24.3 Å². The fourth-order valence-electron chi connectivity index (χ4n) is 2.12. The van der Waals surface area contributed by atoms with E-state index in [2.05, 4.69) is 5.32 Å². The molecule has 122 valence electrons. The van der Waals surface area contributed by atoms with E-state index in [1.165, 1.54) is 0 Å². The fourth-order valence-corrected chi connectivity index (χ4v) is 2.12. The van der Waals surface area contributed by atoms with Gasteiger partial charge < -0.3 is 20.3 Å². The number of nitrogens with one attached hydrogen (secondary N) is 1. The highest BCUT2D eigenvalue weighted by Crippen LogP contribution is 2.35. The van der Waals surface area contributed by atoms with Gasteiger partial charge in [0.25, 0.3) is 5.91 Å². The van der Waals surface area contributed by atoms with Crippen LogP contribution in [0.1, 0.15) is 30.6 Å². The first-order chi connectivity index (χ1) is 10.9. The number of benzene rings is 2. The maximum Gasteiger partial charge on any atom is 0.342 e. The molecule has 2 aromatic carbocycles. The first-order valence-electron chi connectivity index (χ1n) is 7.34. The molecule has 0 aromatic heterocycles. The molecule has 6 heteroatoms. The number of carbonyl (C=O) groups is 2. The summed E-state index contributed by atoms with van der Waals surface area (Å²) in [6.45, 7) is 3.32. The van der Waals surface area contributed by atoms with Gasteiger partial charge in [-0.15, -0.1) is 0 Å². The van der Waals surface area contributed by atoms with Crippen LogP contribution in [0, 0.1) is 0 Å². The third-order valence-corrected chi connectivity index (χ3v) is 3.57. The lowest BCUT2D eigenvalue weighted by Gasteiger charge is -2.12. The molecule has 0 aliphatic rings. The number of fused-ring (bicyclic) bond motifs is 1. The molecule has 0 unspecified atom stereocenters. The second-order valence-corrected chi connectivity index (χ2v) is 5.29. The molecule has 1 atom stereocenters. The molecule has 0 aliphatic carbocycles. The number of hydrogen-bond donors (Lipinski definition) is 3. The van der Waals surface area contributed by atoms with E-state index < -0.39 is 18.5 Å². The Morgan fingerprint density at radius 1 is 1.22 bits per heavy atom. The van der Waals surface area contributed by atoms with E-state index in [0.29, 0.717) is 10.8 Å². The van der Waals surface area contributed by atoms with Crippen molar-refractivity contribution in [1.29, 1.82) is 0 Å². The van der Waals surface area contributed by atoms with Crippen molar-refractivity contribution in [2.24, 2.45) is 0 Å². The number of esters is 1. The molecule has 0 saturated heterocycles. The summed E-state index contributed by atoms with van der Waals surface area (Å²) in [4.78, 5) is 23.7. The third kappa shape index (κ3) is 3.71. The van der Waals surface area contributed by atoms with Gasteiger partial charge in [-0.1, -0.05) is 31.2 Å². The number of amides is 1. The Labute approximate surface area is 133 Å². The first-order valence-corrected chi connectivity index (χ1v) is 7.34. The number of phenolic OH excluding ortho intramolecular Hbond substituents is 2. The van der Waals surface area contributed by atoms with Gasteiger partial charge in [0.15, 0.2) is 6.61 Å².